The molecule has 0 aliphatic carbocycles. The lowest BCUT2D eigenvalue weighted by Crippen LogP contribution is -2.30. The number of Topliss-reactive ketones (excluding diaryl/α,β-unsaturated/α-hetero) is 1. The number of amides is 1. The standard InChI is InChI=1S/C18H17ClN2O4/c1-10(22)12-4-3-5-14(8-12)21-17(23)11(2)25-18(24)13-6-7-15(19)16(20)9-13/h3-9,11H,20H2,1-2H3,(H,21,23)/t11-/m0/s1. The van der Waals surface area contributed by atoms with Crippen LogP contribution < -0.4 is 11.1 Å². The van der Waals surface area contributed by atoms with E-state index in [0.29, 0.717) is 16.3 Å². The number of hydrogen-bond donors (Lipinski definition) is 2. The Hall–Kier alpha value is -2.86. The number of ether oxygens (including phenoxy) is 1. The topological polar surface area (TPSA) is 98.5 Å². The minimum absolute atomic E-state index is 0.115. The highest BCUT2D eigenvalue weighted by atomic mass is 35.5. The maximum Gasteiger partial charge on any atom is 0.338 e. The molecule has 25 heavy (non-hydrogen) atoms. The van der Waals surface area contributed by atoms with Gasteiger partial charge in [-0.05, 0) is 44.2 Å². The molecule has 0 aliphatic heterocycles. The fourth-order valence-corrected chi connectivity index (χ4v) is 2.13. The summed E-state index contributed by atoms with van der Waals surface area (Å²) >= 11 is 5.80. The molecule has 1 atom stereocenters. The van der Waals surface area contributed by atoms with Gasteiger partial charge < -0.3 is 15.8 Å². The summed E-state index contributed by atoms with van der Waals surface area (Å²) in [5, 5.41) is 2.93. The number of nitrogens with one attached hydrogen (secondary N) is 1. The molecular formula is C18H17ClN2O4. The molecule has 3 N–H and O–H groups in total. The molecule has 0 saturated carbocycles. The SMILES string of the molecule is CC(=O)c1cccc(NC(=O)[C@H](C)OC(=O)c2ccc(Cl)c(N)c2)c1. The first-order valence-corrected chi connectivity index (χ1v) is 7.83. The average molecular weight is 361 g/mol. The zero-order valence-electron chi connectivity index (χ0n) is 13.7. The van der Waals surface area contributed by atoms with Crippen molar-refractivity contribution < 1.29 is 19.1 Å². The van der Waals surface area contributed by atoms with Crippen LogP contribution in [0.3, 0.4) is 0 Å². The van der Waals surface area contributed by atoms with Crippen molar-refractivity contribution in [3.05, 3.63) is 58.6 Å². The maximum absolute atomic E-state index is 12.2. The number of carbonyl (C=O) groups is 3. The number of nitrogen functional groups attached to an aromatic ring is 1. The second-order valence-corrected chi connectivity index (χ2v) is 5.82. The molecule has 2 rings (SSSR count). The Morgan fingerprint density at radius 1 is 1.12 bits per heavy atom. The van der Waals surface area contributed by atoms with Gasteiger partial charge in [0.2, 0.25) is 0 Å². The first-order valence-electron chi connectivity index (χ1n) is 7.46. The largest absolute Gasteiger partial charge is 0.449 e. The fraction of sp³-hybridized carbons (Fsp3) is 0.167. The van der Waals surface area contributed by atoms with Gasteiger partial charge >= 0.3 is 5.97 Å². The van der Waals surface area contributed by atoms with Gasteiger partial charge in [-0.25, -0.2) is 4.79 Å². The summed E-state index contributed by atoms with van der Waals surface area (Å²) < 4.78 is 5.13. The third kappa shape index (κ3) is 4.81. The zero-order valence-corrected chi connectivity index (χ0v) is 14.5. The molecular weight excluding hydrogens is 344 g/mol. The van der Waals surface area contributed by atoms with Gasteiger partial charge in [-0.2, -0.15) is 0 Å². The summed E-state index contributed by atoms with van der Waals surface area (Å²) in [6.07, 6.45) is -1.04. The van der Waals surface area contributed by atoms with Crippen LogP contribution in [-0.4, -0.2) is 23.8 Å². The minimum atomic E-state index is -1.04. The van der Waals surface area contributed by atoms with Crippen LogP contribution in [0.2, 0.25) is 5.02 Å². The predicted molar refractivity (Wildman–Crippen MR) is 95.8 cm³/mol. The quantitative estimate of drug-likeness (QED) is 0.484. The molecule has 0 saturated heterocycles. The van der Waals surface area contributed by atoms with Crippen molar-refractivity contribution in [2.75, 3.05) is 11.1 Å². The number of ketones is 1. The van der Waals surface area contributed by atoms with Crippen molar-refractivity contribution in [3.8, 4) is 0 Å². The number of nitrogens with two attached hydrogens (primary N) is 1. The average Bonchev–Trinajstić information content (AvgIpc) is 2.57. The van der Waals surface area contributed by atoms with Crippen molar-refractivity contribution >= 4 is 40.6 Å². The number of anilines is 2. The van der Waals surface area contributed by atoms with Crippen LogP contribution in [0.4, 0.5) is 11.4 Å². The second kappa shape index (κ2) is 7.81. The van der Waals surface area contributed by atoms with Crippen molar-refractivity contribution in [3.63, 3.8) is 0 Å². The molecule has 0 heterocycles. The Kier molecular flexibility index (Phi) is 5.77. The van der Waals surface area contributed by atoms with E-state index in [4.69, 9.17) is 22.1 Å². The molecule has 0 fully saturated rings. The van der Waals surface area contributed by atoms with Gasteiger partial charge in [-0.1, -0.05) is 23.7 Å². The molecule has 0 unspecified atom stereocenters. The zero-order chi connectivity index (χ0) is 18.6. The molecule has 0 bridgehead atoms. The van der Waals surface area contributed by atoms with Crippen molar-refractivity contribution in [2.45, 2.75) is 20.0 Å². The number of benzene rings is 2. The van der Waals surface area contributed by atoms with E-state index in [9.17, 15) is 14.4 Å². The lowest BCUT2D eigenvalue weighted by Gasteiger charge is -2.14. The molecule has 0 spiro atoms. The number of rotatable bonds is 5. The first-order chi connectivity index (χ1) is 11.8. The summed E-state index contributed by atoms with van der Waals surface area (Å²) in [4.78, 5) is 35.6. The van der Waals surface area contributed by atoms with E-state index >= 15 is 0 Å². The lowest BCUT2D eigenvalue weighted by atomic mass is 10.1. The van der Waals surface area contributed by atoms with Crippen LogP contribution in [0.5, 0.6) is 0 Å². The molecule has 2 aromatic carbocycles. The third-order valence-electron chi connectivity index (χ3n) is 3.42. The van der Waals surface area contributed by atoms with Gasteiger partial charge in [-0.15, -0.1) is 0 Å². The molecule has 1 amide bonds. The molecule has 0 aromatic heterocycles. The highest BCUT2D eigenvalue weighted by Gasteiger charge is 2.19. The van der Waals surface area contributed by atoms with Crippen molar-refractivity contribution in [1.29, 1.82) is 0 Å². The van der Waals surface area contributed by atoms with E-state index < -0.39 is 18.0 Å². The highest BCUT2D eigenvalue weighted by Crippen LogP contribution is 2.20. The normalized spacial score (nSPS) is 11.5. The van der Waals surface area contributed by atoms with E-state index in [1.54, 1.807) is 24.3 Å². The minimum Gasteiger partial charge on any atom is -0.449 e. The summed E-state index contributed by atoms with van der Waals surface area (Å²) in [7, 11) is 0. The molecule has 0 aliphatic rings. The lowest BCUT2D eigenvalue weighted by molar-refractivity contribution is -0.123. The summed E-state index contributed by atoms with van der Waals surface area (Å²) in [5.74, 6) is -1.32. The van der Waals surface area contributed by atoms with E-state index in [2.05, 4.69) is 5.32 Å². The van der Waals surface area contributed by atoms with Gasteiger partial charge in [-0.3, -0.25) is 9.59 Å². The maximum atomic E-state index is 12.2. The summed E-state index contributed by atoms with van der Waals surface area (Å²) in [6, 6.07) is 10.8. The second-order valence-electron chi connectivity index (χ2n) is 5.41. The van der Waals surface area contributed by atoms with E-state index in [0.717, 1.165) is 0 Å². The Morgan fingerprint density at radius 2 is 1.84 bits per heavy atom. The van der Waals surface area contributed by atoms with Gasteiger partial charge in [0.05, 0.1) is 16.3 Å². The van der Waals surface area contributed by atoms with Crippen LogP contribution in [0.25, 0.3) is 0 Å². The first kappa shape index (κ1) is 18.5. The molecule has 130 valence electrons. The Balaban J connectivity index is 2.02. The third-order valence-corrected chi connectivity index (χ3v) is 3.77. The Morgan fingerprint density at radius 3 is 2.48 bits per heavy atom. The van der Waals surface area contributed by atoms with Gasteiger partial charge in [0.15, 0.2) is 11.9 Å². The van der Waals surface area contributed by atoms with Crippen LogP contribution in [0.15, 0.2) is 42.5 Å². The Bertz CT molecular complexity index is 836. The van der Waals surface area contributed by atoms with Crippen LogP contribution in [0.1, 0.15) is 34.6 Å². The molecule has 7 heteroatoms. The van der Waals surface area contributed by atoms with Crippen molar-refractivity contribution in [2.24, 2.45) is 0 Å². The van der Waals surface area contributed by atoms with Gasteiger partial charge in [0, 0.05) is 11.3 Å². The number of esters is 1. The number of hydrogen-bond acceptors (Lipinski definition) is 5. The van der Waals surface area contributed by atoms with Gasteiger partial charge in [0.1, 0.15) is 0 Å². The molecule has 0 radical (unpaired) electrons. The smallest absolute Gasteiger partial charge is 0.338 e. The highest BCUT2D eigenvalue weighted by molar-refractivity contribution is 6.33. The number of carbonyl (C=O) groups excluding carboxylic acids is 3. The van der Waals surface area contributed by atoms with Gasteiger partial charge in [0.25, 0.3) is 5.91 Å². The van der Waals surface area contributed by atoms with Crippen LogP contribution >= 0.6 is 11.6 Å². The summed E-state index contributed by atoms with van der Waals surface area (Å²) in [6.45, 7) is 2.88. The monoisotopic (exact) mass is 360 g/mol. The molecule has 6 nitrogen and oxygen atoms in total. The number of halogens is 1. The molecule has 2 aromatic rings. The van der Waals surface area contributed by atoms with E-state index in [-0.39, 0.29) is 17.0 Å². The summed E-state index contributed by atoms with van der Waals surface area (Å²) in [5.41, 5.74) is 6.99. The van der Waals surface area contributed by atoms with Crippen LogP contribution in [-0.2, 0) is 9.53 Å². The Labute approximate surface area is 149 Å². The predicted octanol–water partition coefficient (Wildman–Crippen LogP) is 3.31. The van der Waals surface area contributed by atoms with E-state index in [1.165, 1.54) is 32.0 Å². The van der Waals surface area contributed by atoms with E-state index in [1.807, 2.05) is 0 Å². The van der Waals surface area contributed by atoms with Crippen LogP contribution in [0, 0.1) is 0 Å². The van der Waals surface area contributed by atoms with Crippen molar-refractivity contribution in [1.82, 2.24) is 0 Å². The fourth-order valence-electron chi connectivity index (χ4n) is 2.01.